The van der Waals surface area contributed by atoms with Crippen LogP contribution in [0.5, 0.6) is 11.5 Å². The Kier molecular flexibility index (Phi) is 7.03. The van der Waals surface area contributed by atoms with Gasteiger partial charge in [-0.3, -0.25) is 0 Å². The zero-order valence-electron chi connectivity index (χ0n) is 17.2. The molecule has 2 aromatic carbocycles. The number of phenols is 1. The molecule has 0 saturated heterocycles. The number of benzene rings is 2. The summed E-state index contributed by atoms with van der Waals surface area (Å²) in [5.41, 5.74) is 1.72. The smallest absolute Gasteiger partial charge is 0.174 e. The lowest BCUT2D eigenvalue weighted by Crippen LogP contribution is -2.27. The third-order valence-corrected chi connectivity index (χ3v) is 4.90. The van der Waals surface area contributed by atoms with Crippen LogP contribution in [-0.4, -0.2) is 51.5 Å². The van der Waals surface area contributed by atoms with Crippen LogP contribution in [-0.2, 0) is 6.54 Å². The third-order valence-electron chi connectivity index (χ3n) is 4.90. The van der Waals surface area contributed by atoms with Gasteiger partial charge in [-0.25, -0.2) is 9.67 Å². The maximum absolute atomic E-state index is 10.3. The minimum absolute atomic E-state index is 0.203. The number of likely N-dealkylation sites (N-methyl/N-ethyl adjacent to an activating group) is 1. The Morgan fingerprint density at radius 3 is 2.41 bits per heavy atom. The number of ether oxygens (including phenoxy) is 1. The lowest BCUT2D eigenvalue weighted by molar-refractivity contribution is 0.286. The van der Waals surface area contributed by atoms with Crippen LogP contribution in [0.1, 0.15) is 25.2 Å². The Morgan fingerprint density at radius 1 is 1.03 bits per heavy atom. The zero-order valence-corrected chi connectivity index (χ0v) is 17.2. The summed E-state index contributed by atoms with van der Waals surface area (Å²) in [4.78, 5) is 7.02. The summed E-state index contributed by atoms with van der Waals surface area (Å²) in [6, 6.07) is 15.0. The highest BCUT2D eigenvalue weighted by Crippen LogP contribution is 2.27. The number of nitrogens with zero attached hydrogens (tertiary/aromatic N) is 4. The summed E-state index contributed by atoms with van der Waals surface area (Å²) in [6.07, 6.45) is 3.86. The average Bonchev–Trinajstić information content (AvgIpc) is 3.16. The predicted octanol–water partition coefficient (Wildman–Crippen LogP) is 4.17. The molecule has 0 aliphatic heterocycles. The molecule has 1 heterocycles. The lowest BCUT2D eigenvalue weighted by atomic mass is 10.2. The highest BCUT2D eigenvalue weighted by atomic mass is 16.5. The van der Waals surface area contributed by atoms with Crippen LogP contribution in [0.15, 0.2) is 48.5 Å². The fourth-order valence-electron chi connectivity index (χ4n) is 3.11. The molecule has 3 rings (SSSR count). The molecule has 0 saturated carbocycles. The minimum Gasteiger partial charge on any atom is -0.507 e. The van der Waals surface area contributed by atoms with E-state index < -0.39 is 0 Å². The van der Waals surface area contributed by atoms with E-state index in [2.05, 4.69) is 28.8 Å². The Labute approximate surface area is 172 Å². The molecule has 6 nitrogen and oxygen atoms in total. The van der Waals surface area contributed by atoms with Crippen LogP contribution in [0.4, 0.5) is 0 Å². The number of para-hydroxylation sites is 1. The molecule has 0 amide bonds. The van der Waals surface area contributed by atoms with Crippen molar-refractivity contribution in [3.05, 3.63) is 59.9 Å². The highest BCUT2D eigenvalue weighted by Gasteiger charge is 2.14. The Bertz CT molecular complexity index is 944. The molecular weight excluding hydrogens is 364 g/mol. The van der Waals surface area contributed by atoms with E-state index in [0.717, 1.165) is 30.9 Å². The largest absolute Gasteiger partial charge is 0.507 e. The average molecular weight is 393 g/mol. The van der Waals surface area contributed by atoms with E-state index in [9.17, 15) is 5.11 Å². The van der Waals surface area contributed by atoms with E-state index in [0.29, 0.717) is 23.8 Å². The first-order valence-electron chi connectivity index (χ1n) is 9.92. The standard InChI is InChI=1S/C23H28N4O2/c1-4-26(5-2)16-17-27-23(20-8-6-7-9-21(20)28)24-22(25-27)15-12-18-10-13-19(29-3)14-11-18/h6-15,28H,4-5,16-17H2,1-3H3. The summed E-state index contributed by atoms with van der Waals surface area (Å²) in [5, 5.41) is 15.0. The van der Waals surface area contributed by atoms with Crippen LogP contribution >= 0.6 is 0 Å². The van der Waals surface area contributed by atoms with E-state index in [-0.39, 0.29) is 5.75 Å². The van der Waals surface area contributed by atoms with Crippen molar-refractivity contribution >= 4 is 12.2 Å². The van der Waals surface area contributed by atoms with Gasteiger partial charge in [0.1, 0.15) is 11.5 Å². The molecule has 0 fully saturated rings. The van der Waals surface area contributed by atoms with Gasteiger partial charge < -0.3 is 14.7 Å². The number of methoxy groups -OCH3 is 1. The van der Waals surface area contributed by atoms with Gasteiger partial charge in [0.05, 0.1) is 19.2 Å². The molecule has 0 aliphatic rings. The number of aromatic nitrogens is 3. The van der Waals surface area contributed by atoms with Crippen molar-refractivity contribution in [3.63, 3.8) is 0 Å². The van der Waals surface area contributed by atoms with E-state index in [4.69, 9.17) is 4.74 Å². The third kappa shape index (κ3) is 5.23. The van der Waals surface area contributed by atoms with Crippen LogP contribution < -0.4 is 4.74 Å². The molecule has 3 aromatic rings. The Hall–Kier alpha value is -3.12. The van der Waals surface area contributed by atoms with Crippen molar-refractivity contribution in [2.45, 2.75) is 20.4 Å². The second-order valence-corrected chi connectivity index (χ2v) is 6.67. The van der Waals surface area contributed by atoms with E-state index in [1.54, 1.807) is 19.2 Å². The molecule has 0 bridgehead atoms. The number of hydrogen-bond donors (Lipinski definition) is 1. The molecule has 0 radical (unpaired) electrons. The fourth-order valence-corrected chi connectivity index (χ4v) is 3.11. The predicted molar refractivity (Wildman–Crippen MR) is 117 cm³/mol. The van der Waals surface area contributed by atoms with Crippen LogP contribution in [0.3, 0.4) is 0 Å². The molecule has 0 atom stereocenters. The highest BCUT2D eigenvalue weighted by molar-refractivity contribution is 5.69. The summed E-state index contributed by atoms with van der Waals surface area (Å²) in [5.74, 6) is 2.31. The van der Waals surface area contributed by atoms with E-state index >= 15 is 0 Å². The topological polar surface area (TPSA) is 63.4 Å². The van der Waals surface area contributed by atoms with E-state index in [1.165, 1.54) is 0 Å². The van der Waals surface area contributed by atoms with Crippen molar-refractivity contribution < 1.29 is 9.84 Å². The van der Waals surface area contributed by atoms with Gasteiger partial charge in [-0.15, -0.1) is 0 Å². The van der Waals surface area contributed by atoms with Gasteiger partial charge in [0.2, 0.25) is 0 Å². The lowest BCUT2D eigenvalue weighted by Gasteiger charge is -2.18. The van der Waals surface area contributed by atoms with Crippen molar-refractivity contribution in [3.8, 4) is 22.9 Å². The molecule has 0 unspecified atom stereocenters. The summed E-state index contributed by atoms with van der Waals surface area (Å²) in [6.45, 7) is 7.85. The number of phenolic OH excluding ortho intramolecular Hbond substituents is 1. The molecule has 1 N–H and O–H groups in total. The van der Waals surface area contributed by atoms with Crippen molar-refractivity contribution in [2.75, 3.05) is 26.7 Å². The molecule has 29 heavy (non-hydrogen) atoms. The normalized spacial score (nSPS) is 11.4. The van der Waals surface area contributed by atoms with Gasteiger partial charge in [0.25, 0.3) is 0 Å². The molecule has 1 aromatic heterocycles. The monoisotopic (exact) mass is 392 g/mol. The SMILES string of the molecule is CCN(CC)CCn1nc(C=Cc2ccc(OC)cc2)nc1-c1ccccc1O. The first kappa shape index (κ1) is 20.6. The van der Waals surface area contributed by atoms with Crippen LogP contribution in [0.25, 0.3) is 23.5 Å². The molecule has 6 heteroatoms. The second-order valence-electron chi connectivity index (χ2n) is 6.67. The Balaban J connectivity index is 1.88. The second kappa shape index (κ2) is 9.89. The first-order chi connectivity index (χ1) is 14.1. The Morgan fingerprint density at radius 2 is 1.76 bits per heavy atom. The first-order valence-corrected chi connectivity index (χ1v) is 9.92. The molecule has 152 valence electrons. The van der Waals surface area contributed by atoms with Crippen LogP contribution in [0, 0.1) is 0 Å². The maximum atomic E-state index is 10.3. The summed E-state index contributed by atoms with van der Waals surface area (Å²) in [7, 11) is 1.65. The van der Waals surface area contributed by atoms with Crippen molar-refractivity contribution in [2.24, 2.45) is 0 Å². The maximum Gasteiger partial charge on any atom is 0.174 e. The van der Waals surface area contributed by atoms with Crippen molar-refractivity contribution in [1.82, 2.24) is 19.7 Å². The van der Waals surface area contributed by atoms with E-state index in [1.807, 2.05) is 53.2 Å². The number of hydrogen-bond acceptors (Lipinski definition) is 5. The van der Waals surface area contributed by atoms with Gasteiger partial charge >= 0.3 is 0 Å². The van der Waals surface area contributed by atoms with Gasteiger partial charge in [-0.1, -0.05) is 44.2 Å². The quantitative estimate of drug-likeness (QED) is 0.592. The minimum atomic E-state index is 0.203. The number of rotatable bonds is 9. The summed E-state index contributed by atoms with van der Waals surface area (Å²) >= 11 is 0. The fraction of sp³-hybridized carbons (Fsp3) is 0.304. The van der Waals surface area contributed by atoms with Gasteiger partial charge in [-0.05, 0) is 49.0 Å². The summed E-state index contributed by atoms with van der Waals surface area (Å²) < 4.78 is 7.07. The van der Waals surface area contributed by atoms with Gasteiger partial charge in [0, 0.05) is 6.54 Å². The molecule has 0 aliphatic carbocycles. The van der Waals surface area contributed by atoms with Gasteiger partial charge in [-0.2, -0.15) is 5.10 Å². The van der Waals surface area contributed by atoms with Crippen LogP contribution in [0.2, 0.25) is 0 Å². The zero-order chi connectivity index (χ0) is 20.6. The number of aromatic hydroxyl groups is 1. The molecule has 0 spiro atoms. The van der Waals surface area contributed by atoms with Gasteiger partial charge in [0.15, 0.2) is 11.6 Å². The molecular formula is C23H28N4O2. The van der Waals surface area contributed by atoms with Crippen molar-refractivity contribution in [1.29, 1.82) is 0 Å².